The summed E-state index contributed by atoms with van der Waals surface area (Å²) in [5.41, 5.74) is 6.29. The quantitative estimate of drug-likeness (QED) is 0.233. The van der Waals surface area contributed by atoms with E-state index in [4.69, 9.17) is 11.6 Å². The number of halogens is 1. The van der Waals surface area contributed by atoms with Crippen molar-refractivity contribution >= 4 is 60.5 Å². The van der Waals surface area contributed by atoms with Gasteiger partial charge in [0.25, 0.3) is 0 Å². The largest absolute Gasteiger partial charge is 0.309 e. The Balaban J connectivity index is 1.52. The van der Waals surface area contributed by atoms with E-state index in [1.54, 1.807) is 17.5 Å². The Morgan fingerprint density at radius 3 is 1.97 bits per heavy atom. The topological polar surface area (TPSA) is 17.3 Å². The molecule has 2 aromatic heterocycles. The number of rotatable bonds is 4. The van der Waals surface area contributed by atoms with E-state index in [1.165, 1.54) is 21.8 Å². The van der Waals surface area contributed by atoms with Gasteiger partial charge in [0.2, 0.25) is 0 Å². The lowest BCUT2D eigenvalue weighted by Crippen LogP contribution is -2.03. The molecule has 0 unspecified atom stereocenters. The summed E-state index contributed by atoms with van der Waals surface area (Å²) in [6.45, 7) is 3.84. The van der Waals surface area contributed by atoms with Crippen molar-refractivity contribution < 1.29 is 0 Å². The third kappa shape index (κ3) is 3.20. The van der Waals surface area contributed by atoms with Gasteiger partial charge in [-0.25, -0.2) is 0 Å². The number of aromatic nitrogens is 1. The van der Waals surface area contributed by atoms with Crippen LogP contribution in [0, 0.1) is 0 Å². The third-order valence-corrected chi connectivity index (χ3v) is 7.37. The first-order valence-corrected chi connectivity index (χ1v) is 11.9. The van der Waals surface area contributed by atoms with E-state index in [1.807, 2.05) is 12.1 Å². The molecule has 0 aliphatic carbocycles. The van der Waals surface area contributed by atoms with Gasteiger partial charge in [0, 0.05) is 43.9 Å². The molecule has 33 heavy (non-hydrogen) atoms. The van der Waals surface area contributed by atoms with E-state index >= 15 is 0 Å². The molecule has 158 valence electrons. The second-order valence-corrected chi connectivity index (χ2v) is 9.48. The predicted molar refractivity (Wildman–Crippen MR) is 143 cm³/mol. The standard InChI is InChI=1S/C29H19ClN2S/c1-2-31-28(27-23-11-5-8-14-26(23)33-29(27)30)19-15-17-20(18-16-19)32-24-12-6-3-9-21(24)22-10-4-7-13-25(22)32/h2-18H,1H2. The lowest BCUT2D eigenvalue weighted by molar-refractivity contribution is 1.18. The fraction of sp³-hybridized carbons (Fsp3) is 0. The number of hydrogen-bond donors (Lipinski definition) is 0. The first-order valence-electron chi connectivity index (χ1n) is 10.7. The number of nitrogens with zero attached hydrogens (tertiary/aromatic N) is 2. The molecule has 0 radical (unpaired) electrons. The molecule has 0 fully saturated rings. The van der Waals surface area contributed by atoms with Crippen LogP contribution in [0.15, 0.2) is 115 Å². The average Bonchev–Trinajstić information content (AvgIpc) is 3.37. The number of fused-ring (bicyclic) bond motifs is 4. The van der Waals surface area contributed by atoms with E-state index in [0.29, 0.717) is 0 Å². The Kier molecular flexibility index (Phi) is 4.87. The van der Waals surface area contributed by atoms with Crippen molar-refractivity contribution in [2.24, 2.45) is 4.99 Å². The van der Waals surface area contributed by atoms with Gasteiger partial charge in [0.05, 0.1) is 16.7 Å². The minimum absolute atomic E-state index is 0.739. The van der Waals surface area contributed by atoms with Gasteiger partial charge in [-0.15, -0.1) is 11.3 Å². The molecule has 0 amide bonds. The molecule has 2 heterocycles. The van der Waals surface area contributed by atoms with Gasteiger partial charge in [-0.05, 0) is 30.3 Å². The SMILES string of the molecule is C=CN=C(c1ccc(-n2c3ccccc3c3ccccc32)cc1)c1c(Cl)sc2ccccc12. The van der Waals surface area contributed by atoms with Crippen molar-refractivity contribution in [1.29, 1.82) is 0 Å². The Morgan fingerprint density at radius 2 is 1.33 bits per heavy atom. The zero-order valence-electron chi connectivity index (χ0n) is 17.7. The van der Waals surface area contributed by atoms with Crippen LogP contribution in [-0.2, 0) is 0 Å². The van der Waals surface area contributed by atoms with Crippen molar-refractivity contribution in [1.82, 2.24) is 4.57 Å². The van der Waals surface area contributed by atoms with Gasteiger partial charge in [-0.3, -0.25) is 4.99 Å². The van der Waals surface area contributed by atoms with Crippen LogP contribution in [0.3, 0.4) is 0 Å². The molecule has 4 aromatic carbocycles. The number of thiophene rings is 1. The van der Waals surface area contributed by atoms with Crippen LogP contribution in [0.2, 0.25) is 4.34 Å². The molecule has 0 aliphatic heterocycles. The van der Waals surface area contributed by atoms with Gasteiger partial charge in [0.1, 0.15) is 4.34 Å². The number of aliphatic imine (C=N–C) groups is 1. The highest BCUT2D eigenvalue weighted by Gasteiger charge is 2.18. The summed E-state index contributed by atoms with van der Waals surface area (Å²) < 4.78 is 4.20. The highest BCUT2D eigenvalue weighted by atomic mass is 35.5. The van der Waals surface area contributed by atoms with E-state index in [2.05, 4.69) is 101 Å². The molecular weight excluding hydrogens is 444 g/mol. The molecule has 0 saturated carbocycles. The van der Waals surface area contributed by atoms with E-state index in [0.717, 1.165) is 36.9 Å². The van der Waals surface area contributed by atoms with Crippen LogP contribution in [0.5, 0.6) is 0 Å². The molecule has 2 nitrogen and oxygen atoms in total. The Morgan fingerprint density at radius 1 is 0.758 bits per heavy atom. The maximum Gasteiger partial charge on any atom is 0.103 e. The minimum Gasteiger partial charge on any atom is -0.309 e. The zero-order valence-corrected chi connectivity index (χ0v) is 19.3. The lowest BCUT2D eigenvalue weighted by Gasteiger charge is -2.11. The Hall–Kier alpha value is -3.66. The summed E-state index contributed by atoms with van der Waals surface area (Å²) in [6.07, 6.45) is 1.58. The summed E-state index contributed by atoms with van der Waals surface area (Å²) in [4.78, 5) is 4.64. The highest BCUT2D eigenvalue weighted by Crippen LogP contribution is 2.37. The van der Waals surface area contributed by atoms with Gasteiger partial charge >= 0.3 is 0 Å². The summed E-state index contributed by atoms with van der Waals surface area (Å²) in [5.74, 6) is 0. The van der Waals surface area contributed by atoms with Crippen molar-refractivity contribution in [3.05, 3.63) is 125 Å². The summed E-state index contributed by atoms with van der Waals surface area (Å²) in [7, 11) is 0. The van der Waals surface area contributed by atoms with E-state index < -0.39 is 0 Å². The number of para-hydroxylation sites is 2. The van der Waals surface area contributed by atoms with Crippen molar-refractivity contribution in [3.63, 3.8) is 0 Å². The molecule has 6 aromatic rings. The monoisotopic (exact) mass is 462 g/mol. The van der Waals surface area contributed by atoms with Crippen molar-refractivity contribution in [2.45, 2.75) is 0 Å². The maximum absolute atomic E-state index is 6.69. The smallest absolute Gasteiger partial charge is 0.103 e. The molecule has 0 atom stereocenters. The molecule has 6 rings (SSSR count). The number of benzene rings is 4. The first kappa shape index (κ1) is 20.0. The first-order chi connectivity index (χ1) is 16.3. The third-order valence-electron chi connectivity index (χ3n) is 5.99. The fourth-order valence-electron chi connectivity index (χ4n) is 4.58. The van der Waals surface area contributed by atoms with Crippen LogP contribution in [0.1, 0.15) is 11.1 Å². The van der Waals surface area contributed by atoms with Gasteiger partial charge < -0.3 is 4.57 Å². The van der Waals surface area contributed by atoms with E-state index in [9.17, 15) is 0 Å². The molecular formula is C29H19ClN2S. The molecule has 0 spiro atoms. The molecule has 4 heteroatoms. The number of hydrogen-bond acceptors (Lipinski definition) is 2. The Labute approximate surface area is 200 Å². The molecule has 0 bridgehead atoms. The van der Waals surface area contributed by atoms with Crippen LogP contribution >= 0.6 is 22.9 Å². The van der Waals surface area contributed by atoms with Crippen molar-refractivity contribution in [3.8, 4) is 5.69 Å². The lowest BCUT2D eigenvalue weighted by atomic mass is 10.0. The van der Waals surface area contributed by atoms with E-state index in [-0.39, 0.29) is 0 Å². The van der Waals surface area contributed by atoms with Crippen LogP contribution in [0.4, 0.5) is 0 Å². The molecule has 0 N–H and O–H groups in total. The second kappa shape index (κ2) is 8.04. The second-order valence-electron chi connectivity index (χ2n) is 7.82. The molecule has 0 saturated heterocycles. The maximum atomic E-state index is 6.69. The molecule has 0 aliphatic rings. The minimum atomic E-state index is 0.739. The van der Waals surface area contributed by atoms with Gasteiger partial charge in [0.15, 0.2) is 0 Å². The van der Waals surface area contributed by atoms with Crippen LogP contribution in [-0.4, -0.2) is 10.3 Å². The van der Waals surface area contributed by atoms with Gasteiger partial charge in [-0.1, -0.05) is 84.9 Å². The highest BCUT2D eigenvalue weighted by molar-refractivity contribution is 7.23. The fourth-order valence-corrected chi connectivity index (χ4v) is 5.95. The van der Waals surface area contributed by atoms with Gasteiger partial charge in [-0.2, -0.15) is 0 Å². The normalized spacial score (nSPS) is 12.1. The average molecular weight is 463 g/mol. The summed E-state index contributed by atoms with van der Waals surface area (Å²) in [6, 6.07) is 33.8. The Bertz CT molecular complexity index is 1630. The predicted octanol–water partition coefficient (Wildman–Crippen LogP) is 8.63. The summed E-state index contributed by atoms with van der Waals surface area (Å²) >= 11 is 8.27. The summed E-state index contributed by atoms with van der Waals surface area (Å²) in [5, 5.41) is 3.62. The van der Waals surface area contributed by atoms with Crippen LogP contribution < -0.4 is 0 Å². The van der Waals surface area contributed by atoms with Crippen molar-refractivity contribution in [2.75, 3.05) is 0 Å². The zero-order chi connectivity index (χ0) is 22.4. The van der Waals surface area contributed by atoms with Crippen LogP contribution in [0.25, 0.3) is 37.6 Å².